The molecule has 1 aromatic heterocycles. The summed E-state index contributed by atoms with van der Waals surface area (Å²) < 4.78 is 28.8. The maximum absolute atomic E-state index is 12.1. The van der Waals surface area contributed by atoms with Crippen molar-refractivity contribution < 1.29 is 12.9 Å². The van der Waals surface area contributed by atoms with Gasteiger partial charge in [0.05, 0.1) is 28.0 Å². The first-order valence-corrected chi connectivity index (χ1v) is 7.60. The molecule has 0 aliphatic rings. The van der Waals surface area contributed by atoms with E-state index in [1.54, 1.807) is 18.2 Å². The lowest BCUT2D eigenvalue weighted by Gasteiger charge is -2.05. The molecule has 2 aromatic rings. The van der Waals surface area contributed by atoms with Crippen LogP contribution in [0.3, 0.4) is 0 Å². The average molecular weight is 291 g/mol. The van der Waals surface area contributed by atoms with Crippen molar-refractivity contribution in [2.45, 2.75) is 11.4 Å². The van der Waals surface area contributed by atoms with Crippen LogP contribution in [0.5, 0.6) is 0 Å². The van der Waals surface area contributed by atoms with Gasteiger partial charge < -0.3 is 9.84 Å². The lowest BCUT2D eigenvalue weighted by molar-refractivity contribution is 0.409. The fourth-order valence-corrected chi connectivity index (χ4v) is 2.87. The van der Waals surface area contributed by atoms with Crippen molar-refractivity contribution in [3.63, 3.8) is 0 Å². The molecule has 0 saturated carbocycles. The summed E-state index contributed by atoms with van der Waals surface area (Å²) in [5, 5.41) is 15.5. The van der Waals surface area contributed by atoms with Crippen molar-refractivity contribution >= 4 is 9.84 Å². The lowest BCUT2D eigenvalue weighted by atomic mass is 10.2. The van der Waals surface area contributed by atoms with Crippen LogP contribution in [-0.4, -0.2) is 25.9 Å². The van der Waals surface area contributed by atoms with E-state index in [9.17, 15) is 8.42 Å². The van der Waals surface area contributed by atoms with Gasteiger partial charge in [-0.3, -0.25) is 0 Å². The Hall–Kier alpha value is -2.17. The zero-order chi connectivity index (χ0) is 14.4. The predicted octanol–water partition coefficient (Wildman–Crippen LogP) is 1.11. The van der Waals surface area contributed by atoms with Gasteiger partial charge >= 0.3 is 0 Å². The second-order valence-electron chi connectivity index (χ2n) is 4.13. The zero-order valence-electron chi connectivity index (χ0n) is 10.6. The van der Waals surface area contributed by atoms with Crippen LogP contribution in [-0.2, 0) is 16.4 Å². The summed E-state index contributed by atoms with van der Waals surface area (Å²) in [6.07, 6.45) is 1.46. The molecular weight excluding hydrogens is 278 g/mol. The molecule has 0 aliphatic carbocycles. The molecule has 0 fully saturated rings. The molecule has 1 aromatic carbocycles. The molecule has 7 heteroatoms. The van der Waals surface area contributed by atoms with Crippen molar-refractivity contribution in [2.24, 2.45) is 0 Å². The van der Waals surface area contributed by atoms with E-state index in [4.69, 9.17) is 5.26 Å². The Balaban J connectivity index is 1.92. The molecule has 6 nitrogen and oxygen atoms in total. The van der Waals surface area contributed by atoms with Crippen molar-refractivity contribution in [1.29, 1.82) is 5.26 Å². The molecule has 0 atom stereocenters. The normalized spacial score (nSPS) is 11.2. The van der Waals surface area contributed by atoms with Gasteiger partial charge in [0.2, 0.25) is 0 Å². The Bertz CT molecular complexity index is 703. The third-order valence-corrected chi connectivity index (χ3v) is 4.38. The van der Waals surface area contributed by atoms with Crippen molar-refractivity contribution in [2.75, 3.05) is 12.3 Å². The summed E-state index contributed by atoms with van der Waals surface area (Å²) in [7, 11) is -3.39. The standard InChI is InChI=1S/C13H13N3O3S/c14-9-11-2-1-3-13(8-11)20(17,18)7-5-15-10-12-4-6-19-16-12/h1-4,6,8,15H,5,7,10H2. The first-order valence-electron chi connectivity index (χ1n) is 5.95. The van der Waals surface area contributed by atoms with E-state index in [2.05, 4.69) is 15.0 Å². The molecule has 2 rings (SSSR count). The number of nitrogens with one attached hydrogen (secondary N) is 1. The van der Waals surface area contributed by atoms with E-state index in [-0.39, 0.29) is 10.6 Å². The Morgan fingerprint density at radius 3 is 2.90 bits per heavy atom. The second kappa shape index (κ2) is 6.32. The fourth-order valence-electron chi connectivity index (χ4n) is 1.63. The van der Waals surface area contributed by atoms with Gasteiger partial charge in [-0.15, -0.1) is 0 Å². The largest absolute Gasteiger partial charge is 0.364 e. The number of benzene rings is 1. The summed E-state index contributed by atoms with van der Waals surface area (Å²) in [4.78, 5) is 0.166. The molecule has 0 unspecified atom stereocenters. The summed E-state index contributed by atoms with van der Waals surface area (Å²) >= 11 is 0. The smallest absolute Gasteiger partial charge is 0.179 e. The van der Waals surface area contributed by atoms with Crippen LogP contribution in [0.15, 0.2) is 46.0 Å². The van der Waals surface area contributed by atoms with Gasteiger partial charge in [0.15, 0.2) is 9.84 Å². The third-order valence-electron chi connectivity index (χ3n) is 2.67. The van der Waals surface area contributed by atoms with Gasteiger partial charge in [-0.2, -0.15) is 5.26 Å². The minimum atomic E-state index is -3.39. The van der Waals surface area contributed by atoms with Crippen molar-refractivity contribution in [3.8, 4) is 6.07 Å². The van der Waals surface area contributed by atoms with Crippen LogP contribution in [0, 0.1) is 11.3 Å². The number of aromatic nitrogens is 1. The highest BCUT2D eigenvalue weighted by Crippen LogP contribution is 2.12. The fraction of sp³-hybridized carbons (Fsp3) is 0.231. The Kier molecular flexibility index (Phi) is 4.50. The van der Waals surface area contributed by atoms with E-state index in [0.29, 0.717) is 24.3 Å². The zero-order valence-corrected chi connectivity index (χ0v) is 11.4. The maximum Gasteiger partial charge on any atom is 0.179 e. The van der Waals surface area contributed by atoms with E-state index < -0.39 is 9.84 Å². The molecule has 0 amide bonds. The second-order valence-corrected chi connectivity index (χ2v) is 6.24. The minimum Gasteiger partial charge on any atom is -0.364 e. The molecule has 20 heavy (non-hydrogen) atoms. The highest BCUT2D eigenvalue weighted by atomic mass is 32.2. The van der Waals surface area contributed by atoms with Crippen LogP contribution >= 0.6 is 0 Å². The van der Waals surface area contributed by atoms with Crippen LogP contribution < -0.4 is 5.32 Å². The number of nitriles is 1. The quantitative estimate of drug-likeness (QED) is 0.801. The third kappa shape index (κ3) is 3.66. The minimum absolute atomic E-state index is 0.0419. The van der Waals surface area contributed by atoms with Crippen LogP contribution in [0.4, 0.5) is 0 Å². The first-order chi connectivity index (χ1) is 9.62. The lowest BCUT2D eigenvalue weighted by Crippen LogP contribution is -2.22. The highest BCUT2D eigenvalue weighted by Gasteiger charge is 2.14. The number of rotatable bonds is 6. The van der Waals surface area contributed by atoms with Crippen molar-refractivity contribution in [1.82, 2.24) is 10.5 Å². The molecule has 104 valence electrons. The Morgan fingerprint density at radius 2 is 2.20 bits per heavy atom. The summed E-state index contributed by atoms with van der Waals surface area (Å²) in [6.45, 7) is 0.746. The predicted molar refractivity (Wildman–Crippen MR) is 71.4 cm³/mol. The molecule has 1 N–H and O–H groups in total. The highest BCUT2D eigenvalue weighted by molar-refractivity contribution is 7.91. The molecule has 1 heterocycles. The molecular formula is C13H13N3O3S. The number of hydrogen-bond donors (Lipinski definition) is 1. The number of sulfone groups is 1. The maximum atomic E-state index is 12.1. The summed E-state index contributed by atoms with van der Waals surface area (Å²) in [6, 6.07) is 9.64. The van der Waals surface area contributed by atoms with Gasteiger partial charge in [-0.1, -0.05) is 11.2 Å². The number of hydrogen-bond acceptors (Lipinski definition) is 6. The summed E-state index contributed by atoms with van der Waals surface area (Å²) in [5.74, 6) is -0.0419. The van der Waals surface area contributed by atoms with E-state index in [0.717, 1.165) is 0 Å². The monoisotopic (exact) mass is 291 g/mol. The summed E-state index contributed by atoms with van der Waals surface area (Å²) in [5.41, 5.74) is 1.05. The Labute approximate surface area is 116 Å². The van der Waals surface area contributed by atoms with Gasteiger partial charge in [0.25, 0.3) is 0 Å². The number of nitrogens with zero attached hydrogens (tertiary/aromatic N) is 2. The van der Waals surface area contributed by atoms with Gasteiger partial charge in [0.1, 0.15) is 6.26 Å². The SMILES string of the molecule is N#Cc1cccc(S(=O)(=O)CCNCc2ccon2)c1. The van der Waals surface area contributed by atoms with Gasteiger partial charge in [-0.25, -0.2) is 8.42 Å². The average Bonchev–Trinajstić information content (AvgIpc) is 2.97. The Morgan fingerprint density at radius 1 is 1.35 bits per heavy atom. The molecule has 0 bridgehead atoms. The van der Waals surface area contributed by atoms with E-state index >= 15 is 0 Å². The molecule has 0 saturated heterocycles. The van der Waals surface area contributed by atoms with Crippen LogP contribution in [0.1, 0.15) is 11.3 Å². The molecule has 0 radical (unpaired) electrons. The van der Waals surface area contributed by atoms with Gasteiger partial charge in [-0.05, 0) is 18.2 Å². The topological polar surface area (TPSA) is 96.0 Å². The van der Waals surface area contributed by atoms with Crippen molar-refractivity contribution in [3.05, 3.63) is 47.9 Å². The van der Waals surface area contributed by atoms with E-state index in [1.807, 2.05) is 6.07 Å². The van der Waals surface area contributed by atoms with Crippen LogP contribution in [0.25, 0.3) is 0 Å². The van der Waals surface area contributed by atoms with Crippen LogP contribution in [0.2, 0.25) is 0 Å². The van der Waals surface area contributed by atoms with E-state index in [1.165, 1.54) is 18.4 Å². The first kappa shape index (κ1) is 14.2. The molecule has 0 spiro atoms. The molecule has 0 aliphatic heterocycles. The van der Waals surface area contributed by atoms with Gasteiger partial charge in [0, 0.05) is 19.2 Å².